The Balaban J connectivity index is 1.56. The Kier molecular flexibility index (Phi) is 4.42. The van der Waals surface area contributed by atoms with Gasteiger partial charge in [0.1, 0.15) is 5.69 Å². The maximum atomic E-state index is 12.0. The molecule has 25 heavy (non-hydrogen) atoms. The molecule has 0 fully saturated rings. The number of benzene rings is 2. The average Bonchev–Trinajstić information content (AvgIpc) is 3.04. The lowest BCUT2D eigenvalue weighted by Gasteiger charge is -2.05. The SMILES string of the molecule is O=C(COC(=O)c1cc2ccccc2[nH]1)Nc1ccc([N+](=O)[O-])cc1. The van der Waals surface area contributed by atoms with Gasteiger partial charge in [-0.15, -0.1) is 0 Å². The van der Waals surface area contributed by atoms with Crippen LogP contribution in [0.4, 0.5) is 11.4 Å². The Morgan fingerprint density at radius 3 is 2.52 bits per heavy atom. The quantitative estimate of drug-likeness (QED) is 0.421. The van der Waals surface area contributed by atoms with Crippen LogP contribution in [0.2, 0.25) is 0 Å². The maximum Gasteiger partial charge on any atom is 0.355 e. The molecule has 8 nitrogen and oxygen atoms in total. The fraction of sp³-hybridized carbons (Fsp3) is 0.0588. The van der Waals surface area contributed by atoms with E-state index in [1.165, 1.54) is 24.3 Å². The number of hydrogen-bond acceptors (Lipinski definition) is 5. The number of aromatic nitrogens is 1. The van der Waals surface area contributed by atoms with Crippen LogP contribution in [0.25, 0.3) is 10.9 Å². The summed E-state index contributed by atoms with van der Waals surface area (Å²) in [5, 5.41) is 13.9. The molecule has 3 rings (SSSR count). The van der Waals surface area contributed by atoms with Crippen molar-refractivity contribution in [1.82, 2.24) is 4.98 Å². The topological polar surface area (TPSA) is 114 Å². The van der Waals surface area contributed by atoms with E-state index >= 15 is 0 Å². The van der Waals surface area contributed by atoms with Crippen LogP contribution in [0.5, 0.6) is 0 Å². The number of fused-ring (bicyclic) bond motifs is 1. The Bertz CT molecular complexity index is 913. The van der Waals surface area contributed by atoms with E-state index in [0.717, 1.165) is 10.9 Å². The molecule has 1 aromatic heterocycles. The smallest absolute Gasteiger partial charge is 0.355 e. The van der Waals surface area contributed by atoms with E-state index in [1.807, 2.05) is 24.3 Å². The summed E-state index contributed by atoms with van der Waals surface area (Å²) < 4.78 is 4.96. The fourth-order valence-corrected chi connectivity index (χ4v) is 2.26. The number of nitrogens with one attached hydrogen (secondary N) is 2. The molecule has 0 radical (unpaired) electrons. The molecule has 3 aromatic rings. The van der Waals surface area contributed by atoms with Gasteiger partial charge in [-0.05, 0) is 24.3 Å². The van der Waals surface area contributed by atoms with Crippen molar-refractivity contribution in [3.05, 3.63) is 70.4 Å². The van der Waals surface area contributed by atoms with Crippen molar-refractivity contribution in [2.45, 2.75) is 0 Å². The van der Waals surface area contributed by atoms with E-state index in [-0.39, 0.29) is 11.4 Å². The fourth-order valence-electron chi connectivity index (χ4n) is 2.26. The summed E-state index contributed by atoms with van der Waals surface area (Å²) in [5.74, 6) is -1.19. The van der Waals surface area contributed by atoms with Crippen LogP contribution in [0, 0.1) is 10.1 Å². The first kappa shape index (κ1) is 16.2. The van der Waals surface area contributed by atoms with Gasteiger partial charge < -0.3 is 15.0 Å². The van der Waals surface area contributed by atoms with Crippen LogP contribution in [0.15, 0.2) is 54.6 Å². The van der Waals surface area contributed by atoms with Gasteiger partial charge in [0.25, 0.3) is 11.6 Å². The van der Waals surface area contributed by atoms with E-state index in [2.05, 4.69) is 10.3 Å². The summed E-state index contributed by atoms with van der Waals surface area (Å²) in [6, 6.07) is 14.3. The monoisotopic (exact) mass is 339 g/mol. The summed E-state index contributed by atoms with van der Waals surface area (Å²) >= 11 is 0. The third-order valence-corrected chi connectivity index (χ3v) is 3.45. The molecular formula is C17H13N3O5. The molecule has 0 aliphatic heterocycles. The number of amides is 1. The molecule has 0 bridgehead atoms. The Hall–Kier alpha value is -3.68. The number of carbonyl (C=O) groups excluding carboxylic acids is 2. The molecule has 1 heterocycles. The minimum absolute atomic E-state index is 0.0803. The maximum absolute atomic E-state index is 12.0. The second-order valence-corrected chi connectivity index (χ2v) is 5.20. The zero-order valence-electron chi connectivity index (χ0n) is 12.9. The highest BCUT2D eigenvalue weighted by Gasteiger charge is 2.13. The first-order valence-electron chi connectivity index (χ1n) is 7.32. The molecule has 2 N–H and O–H groups in total. The van der Waals surface area contributed by atoms with Gasteiger partial charge in [0.15, 0.2) is 6.61 Å². The second-order valence-electron chi connectivity index (χ2n) is 5.20. The van der Waals surface area contributed by atoms with Crippen molar-refractivity contribution in [2.75, 3.05) is 11.9 Å². The summed E-state index contributed by atoms with van der Waals surface area (Å²) in [7, 11) is 0. The number of hydrogen-bond donors (Lipinski definition) is 2. The molecule has 1 amide bonds. The molecule has 0 unspecified atom stereocenters. The van der Waals surface area contributed by atoms with E-state index in [9.17, 15) is 19.7 Å². The van der Waals surface area contributed by atoms with Crippen molar-refractivity contribution in [2.24, 2.45) is 0 Å². The van der Waals surface area contributed by atoms with Gasteiger partial charge in [-0.3, -0.25) is 14.9 Å². The number of esters is 1. The summed E-state index contributed by atoms with van der Waals surface area (Å²) in [4.78, 5) is 36.7. The lowest BCUT2D eigenvalue weighted by atomic mass is 10.2. The van der Waals surface area contributed by atoms with Crippen LogP contribution in [0.3, 0.4) is 0 Å². The van der Waals surface area contributed by atoms with E-state index in [0.29, 0.717) is 5.69 Å². The van der Waals surface area contributed by atoms with E-state index in [4.69, 9.17) is 4.74 Å². The van der Waals surface area contributed by atoms with Crippen LogP contribution in [-0.4, -0.2) is 28.4 Å². The lowest BCUT2D eigenvalue weighted by Crippen LogP contribution is -2.21. The number of ether oxygens (including phenoxy) is 1. The van der Waals surface area contributed by atoms with Crippen molar-refractivity contribution in [1.29, 1.82) is 0 Å². The number of nitro groups is 1. The third kappa shape index (κ3) is 3.81. The van der Waals surface area contributed by atoms with Gasteiger partial charge in [0.2, 0.25) is 0 Å². The highest BCUT2D eigenvalue weighted by Crippen LogP contribution is 2.16. The number of rotatable bonds is 5. The minimum atomic E-state index is -0.643. The third-order valence-electron chi connectivity index (χ3n) is 3.45. The molecule has 8 heteroatoms. The van der Waals surface area contributed by atoms with Crippen LogP contribution < -0.4 is 5.32 Å². The van der Waals surface area contributed by atoms with Crippen molar-refractivity contribution in [3.8, 4) is 0 Å². The Labute approximate surface area is 141 Å². The average molecular weight is 339 g/mol. The van der Waals surface area contributed by atoms with Gasteiger partial charge in [0.05, 0.1) is 4.92 Å². The number of nitro benzene ring substituents is 1. The molecule has 0 saturated carbocycles. The molecular weight excluding hydrogens is 326 g/mol. The zero-order chi connectivity index (χ0) is 17.8. The predicted octanol–water partition coefficient (Wildman–Crippen LogP) is 2.87. The minimum Gasteiger partial charge on any atom is -0.451 e. The molecule has 0 aliphatic rings. The lowest BCUT2D eigenvalue weighted by molar-refractivity contribution is -0.384. The molecule has 0 atom stereocenters. The largest absolute Gasteiger partial charge is 0.451 e. The highest BCUT2D eigenvalue weighted by molar-refractivity contribution is 5.97. The van der Waals surface area contributed by atoms with Gasteiger partial charge in [-0.2, -0.15) is 0 Å². The molecule has 126 valence electrons. The van der Waals surface area contributed by atoms with Crippen molar-refractivity contribution < 1.29 is 19.2 Å². The van der Waals surface area contributed by atoms with Crippen LogP contribution >= 0.6 is 0 Å². The van der Waals surface area contributed by atoms with E-state index in [1.54, 1.807) is 6.07 Å². The van der Waals surface area contributed by atoms with Crippen molar-refractivity contribution >= 4 is 34.2 Å². The first-order valence-corrected chi connectivity index (χ1v) is 7.32. The summed E-state index contributed by atoms with van der Waals surface area (Å²) in [5.41, 5.74) is 1.34. The van der Waals surface area contributed by atoms with Gasteiger partial charge in [0, 0.05) is 28.7 Å². The van der Waals surface area contributed by atoms with E-state index < -0.39 is 23.4 Å². The summed E-state index contributed by atoms with van der Waals surface area (Å²) in [6.07, 6.45) is 0. The summed E-state index contributed by atoms with van der Waals surface area (Å²) in [6.45, 7) is -0.467. The first-order chi connectivity index (χ1) is 12.0. The normalized spacial score (nSPS) is 10.4. The molecule has 0 aliphatic carbocycles. The zero-order valence-corrected chi connectivity index (χ0v) is 12.9. The predicted molar refractivity (Wildman–Crippen MR) is 90.3 cm³/mol. The number of nitrogens with zero attached hydrogens (tertiary/aromatic N) is 1. The molecule has 0 saturated heterocycles. The number of carbonyl (C=O) groups is 2. The van der Waals surface area contributed by atoms with Crippen LogP contribution in [0.1, 0.15) is 10.5 Å². The molecule has 0 spiro atoms. The number of H-pyrrole nitrogens is 1. The molecule has 2 aromatic carbocycles. The number of anilines is 1. The number of non-ortho nitro benzene ring substituents is 1. The van der Waals surface area contributed by atoms with Crippen molar-refractivity contribution in [3.63, 3.8) is 0 Å². The standard InChI is InChI=1S/C17H13N3O5/c21-16(18-12-5-7-13(8-6-12)20(23)24)10-25-17(22)15-9-11-3-1-2-4-14(11)19-15/h1-9,19H,10H2,(H,18,21). The second kappa shape index (κ2) is 6.83. The van der Waals surface area contributed by atoms with Gasteiger partial charge in [-0.1, -0.05) is 18.2 Å². The van der Waals surface area contributed by atoms with Gasteiger partial charge >= 0.3 is 5.97 Å². The number of aromatic amines is 1. The van der Waals surface area contributed by atoms with Gasteiger partial charge in [-0.25, -0.2) is 4.79 Å². The Morgan fingerprint density at radius 2 is 1.84 bits per heavy atom. The number of para-hydroxylation sites is 1. The Morgan fingerprint density at radius 1 is 1.12 bits per heavy atom. The highest BCUT2D eigenvalue weighted by atomic mass is 16.6. The van der Waals surface area contributed by atoms with Crippen LogP contribution in [-0.2, 0) is 9.53 Å².